The van der Waals surface area contributed by atoms with Crippen LogP contribution < -0.4 is 5.32 Å². The Balaban J connectivity index is 4.15. The maximum absolute atomic E-state index is 5.68. The lowest BCUT2D eigenvalue weighted by Crippen LogP contribution is -2.36. The first-order valence-corrected chi connectivity index (χ1v) is 7.30. The molecule has 0 spiro atoms. The molecule has 0 saturated carbocycles. The van der Waals surface area contributed by atoms with Crippen LogP contribution in [-0.4, -0.2) is 25.4 Å². The van der Waals surface area contributed by atoms with Gasteiger partial charge in [-0.1, -0.05) is 20.8 Å². The fourth-order valence-electron chi connectivity index (χ4n) is 1.55. The molecule has 3 nitrogen and oxygen atoms in total. The van der Waals surface area contributed by atoms with E-state index in [1.807, 2.05) is 19.1 Å². The molecular weight excluding hydrogens is 248 g/mol. The molecule has 0 unspecified atom stereocenters. The Morgan fingerprint density at radius 3 is 2.20 bits per heavy atom. The Kier molecular flexibility index (Phi) is 7.80. The minimum Gasteiger partial charge on any atom is -0.498 e. The van der Waals surface area contributed by atoms with Gasteiger partial charge in [0.25, 0.3) is 0 Å². The largest absolute Gasteiger partial charge is 0.498 e. The molecule has 3 heteroatoms. The van der Waals surface area contributed by atoms with Crippen LogP contribution >= 0.6 is 0 Å². The zero-order valence-electron chi connectivity index (χ0n) is 14.3. The number of rotatable bonds is 7. The van der Waals surface area contributed by atoms with E-state index in [1.165, 1.54) is 0 Å². The standard InChI is InChI=1S/C17H32N2O/c1-14(10-11-15(18-8)16(2,3)4)20-13-9-12-19-17(5,6)7/h10-11,19H,8-9,12-13H2,1-7H3/b14-10+,15-11-. The molecule has 0 rings (SSSR count). The molecule has 116 valence electrons. The first kappa shape index (κ1) is 18.9. The van der Waals surface area contributed by atoms with Crippen LogP contribution in [-0.2, 0) is 4.74 Å². The lowest BCUT2D eigenvalue weighted by molar-refractivity contribution is 0.206. The normalized spacial score (nSPS) is 14.3. The van der Waals surface area contributed by atoms with Gasteiger partial charge in [-0.2, -0.15) is 0 Å². The van der Waals surface area contributed by atoms with Crippen LogP contribution in [0.4, 0.5) is 0 Å². The smallest absolute Gasteiger partial charge is 0.0929 e. The predicted octanol–water partition coefficient (Wildman–Crippen LogP) is 4.32. The highest BCUT2D eigenvalue weighted by atomic mass is 16.5. The second kappa shape index (κ2) is 8.25. The van der Waals surface area contributed by atoms with E-state index in [1.54, 1.807) is 0 Å². The van der Waals surface area contributed by atoms with Crippen molar-refractivity contribution in [3.8, 4) is 0 Å². The molecule has 0 aromatic carbocycles. The van der Waals surface area contributed by atoms with Crippen LogP contribution in [0, 0.1) is 5.41 Å². The monoisotopic (exact) mass is 280 g/mol. The van der Waals surface area contributed by atoms with Crippen molar-refractivity contribution in [1.29, 1.82) is 0 Å². The van der Waals surface area contributed by atoms with E-state index in [-0.39, 0.29) is 11.0 Å². The van der Waals surface area contributed by atoms with Crippen molar-refractivity contribution in [3.63, 3.8) is 0 Å². The van der Waals surface area contributed by atoms with Crippen LogP contribution in [0.15, 0.2) is 28.6 Å². The van der Waals surface area contributed by atoms with E-state index >= 15 is 0 Å². The summed E-state index contributed by atoms with van der Waals surface area (Å²) in [5, 5.41) is 3.44. The third-order valence-electron chi connectivity index (χ3n) is 2.72. The van der Waals surface area contributed by atoms with Gasteiger partial charge in [-0.25, -0.2) is 0 Å². The second-order valence-corrected chi connectivity index (χ2v) is 7.12. The lowest BCUT2D eigenvalue weighted by atomic mass is 9.92. The number of hydrogen-bond donors (Lipinski definition) is 1. The van der Waals surface area contributed by atoms with Gasteiger partial charge in [-0.15, -0.1) is 0 Å². The van der Waals surface area contributed by atoms with Crippen molar-refractivity contribution in [3.05, 3.63) is 23.6 Å². The van der Waals surface area contributed by atoms with Gasteiger partial charge in [0, 0.05) is 16.7 Å². The van der Waals surface area contributed by atoms with Gasteiger partial charge in [0.15, 0.2) is 0 Å². The lowest BCUT2D eigenvalue weighted by Gasteiger charge is -2.20. The summed E-state index contributed by atoms with van der Waals surface area (Å²) in [5.74, 6) is 0.908. The molecular formula is C17H32N2O. The van der Waals surface area contributed by atoms with E-state index < -0.39 is 0 Å². The minimum atomic E-state index is 0.00909. The Morgan fingerprint density at radius 1 is 1.15 bits per heavy atom. The molecule has 1 N–H and O–H groups in total. The summed E-state index contributed by atoms with van der Waals surface area (Å²) in [6.07, 6.45) is 4.94. The van der Waals surface area contributed by atoms with Crippen LogP contribution in [0.2, 0.25) is 0 Å². The van der Waals surface area contributed by atoms with Crippen molar-refractivity contribution in [2.45, 2.75) is 60.4 Å². The molecule has 0 heterocycles. The maximum Gasteiger partial charge on any atom is 0.0929 e. The highest BCUT2D eigenvalue weighted by Crippen LogP contribution is 2.25. The Bertz CT molecular complexity index is 354. The maximum atomic E-state index is 5.68. The summed E-state index contributed by atoms with van der Waals surface area (Å²) in [6.45, 7) is 20.1. The molecule has 0 amide bonds. The topological polar surface area (TPSA) is 33.6 Å². The Hall–Kier alpha value is -1.09. The second-order valence-electron chi connectivity index (χ2n) is 7.12. The first-order chi connectivity index (χ1) is 9.06. The van der Waals surface area contributed by atoms with Gasteiger partial charge in [0.05, 0.1) is 12.4 Å². The summed E-state index contributed by atoms with van der Waals surface area (Å²) >= 11 is 0. The fourth-order valence-corrected chi connectivity index (χ4v) is 1.55. The average Bonchev–Trinajstić information content (AvgIpc) is 2.25. The molecule has 0 aliphatic rings. The highest BCUT2D eigenvalue weighted by molar-refractivity contribution is 5.32. The van der Waals surface area contributed by atoms with E-state index in [0.29, 0.717) is 0 Å². The molecule has 0 aromatic rings. The quantitative estimate of drug-likeness (QED) is 0.326. The summed E-state index contributed by atoms with van der Waals surface area (Å²) in [6, 6.07) is 0. The van der Waals surface area contributed by atoms with Gasteiger partial charge < -0.3 is 10.1 Å². The summed E-state index contributed by atoms with van der Waals surface area (Å²) in [7, 11) is 0. The molecule has 20 heavy (non-hydrogen) atoms. The van der Waals surface area contributed by atoms with Crippen molar-refractivity contribution in [2.24, 2.45) is 10.4 Å². The van der Waals surface area contributed by atoms with E-state index in [4.69, 9.17) is 4.74 Å². The van der Waals surface area contributed by atoms with Crippen LogP contribution in [0.1, 0.15) is 54.9 Å². The first-order valence-electron chi connectivity index (χ1n) is 7.30. The van der Waals surface area contributed by atoms with E-state index in [2.05, 4.69) is 58.6 Å². The number of nitrogens with one attached hydrogen (secondary N) is 1. The highest BCUT2D eigenvalue weighted by Gasteiger charge is 2.14. The van der Waals surface area contributed by atoms with Gasteiger partial charge in [-0.05, 0) is 59.5 Å². The zero-order chi connectivity index (χ0) is 15.8. The van der Waals surface area contributed by atoms with Crippen molar-refractivity contribution in [1.82, 2.24) is 5.32 Å². The molecule has 0 fully saturated rings. The third-order valence-corrected chi connectivity index (χ3v) is 2.72. The van der Waals surface area contributed by atoms with Crippen LogP contribution in [0.3, 0.4) is 0 Å². The summed E-state index contributed by atoms with van der Waals surface area (Å²) in [5.41, 5.74) is 1.15. The van der Waals surface area contributed by atoms with Crippen LogP contribution in [0.25, 0.3) is 0 Å². The predicted molar refractivity (Wildman–Crippen MR) is 89.2 cm³/mol. The molecule has 0 atom stereocenters. The number of nitrogens with zero attached hydrogens (tertiary/aromatic N) is 1. The third kappa shape index (κ3) is 9.79. The Morgan fingerprint density at radius 2 is 1.75 bits per heavy atom. The van der Waals surface area contributed by atoms with Gasteiger partial charge >= 0.3 is 0 Å². The number of allylic oxidation sites excluding steroid dienone is 4. The number of ether oxygens (including phenoxy) is 1. The average molecular weight is 280 g/mol. The summed E-state index contributed by atoms with van der Waals surface area (Å²) in [4.78, 5) is 4.07. The summed E-state index contributed by atoms with van der Waals surface area (Å²) < 4.78 is 5.68. The van der Waals surface area contributed by atoms with E-state index in [9.17, 15) is 0 Å². The van der Waals surface area contributed by atoms with E-state index in [0.717, 1.165) is 31.0 Å². The van der Waals surface area contributed by atoms with Gasteiger partial charge in [0.1, 0.15) is 0 Å². The molecule has 0 aromatic heterocycles. The fraction of sp³-hybridized carbons (Fsp3) is 0.706. The SMILES string of the molecule is C=N/C(=C\C=C(/C)OCCCNC(C)(C)C)C(C)(C)C. The minimum absolute atomic E-state index is 0.00909. The van der Waals surface area contributed by atoms with Crippen LogP contribution in [0.5, 0.6) is 0 Å². The number of aliphatic imine (C=N–C) groups is 1. The van der Waals surface area contributed by atoms with Crippen molar-refractivity contribution < 1.29 is 4.74 Å². The van der Waals surface area contributed by atoms with Gasteiger partial charge in [0.2, 0.25) is 0 Å². The van der Waals surface area contributed by atoms with Crippen molar-refractivity contribution >= 4 is 6.72 Å². The number of hydrogen-bond acceptors (Lipinski definition) is 3. The van der Waals surface area contributed by atoms with Crippen molar-refractivity contribution in [2.75, 3.05) is 13.2 Å². The molecule has 0 bridgehead atoms. The zero-order valence-corrected chi connectivity index (χ0v) is 14.3. The Labute approximate surface area is 125 Å². The van der Waals surface area contributed by atoms with Gasteiger partial charge in [-0.3, -0.25) is 4.99 Å². The molecule has 0 radical (unpaired) electrons. The molecule has 0 saturated heterocycles. The molecule has 0 aliphatic carbocycles. The molecule has 0 aliphatic heterocycles.